The molecule has 0 aliphatic carbocycles. The second-order valence-electron chi connectivity index (χ2n) is 8.66. The van der Waals surface area contributed by atoms with Crippen LogP contribution in [0.25, 0.3) is 11.0 Å². The first-order valence-electron chi connectivity index (χ1n) is 10.3. The van der Waals surface area contributed by atoms with Crippen LogP contribution in [-0.2, 0) is 19.1 Å². The van der Waals surface area contributed by atoms with Crippen LogP contribution in [-0.4, -0.2) is 23.6 Å². The highest BCUT2D eigenvalue weighted by Gasteiger charge is 2.50. The minimum atomic E-state index is -1.01. The van der Waals surface area contributed by atoms with Gasteiger partial charge in [-0.3, -0.25) is 4.79 Å². The van der Waals surface area contributed by atoms with Crippen molar-refractivity contribution in [3.8, 4) is 5.75 Å². The van der Waals surface area contributed by atoms with Crippen molar-refractivity contribution in [2.45, 2.75) is 65.8 Å². The Bertz CT molecular complexity index is 1090. The Kier molecular flexibility index (Phi) is 6.25. The van der Waals surface area contributed by atoms with E-state index in [9.17, 15) is 14.4 Å². The molecule has 1 aromatic heterocycles. The standard InChI is InChI=1S/C24H28O7/c1-7-14(4)23(27)30-22-21(29-18(26)12-13(2)3)19-16(31-24(22,5)6)10-8-15-9-11-17(25)28-20(15)19/h7-11,13,21-22H,12H2,1-6H3/b14-7+/t21-,22+/m1/s1. The molecular weight excluding hydrogens is 400 g/mol. The first-order chi connectivity index (χ1) is 14.5. The van der Waals surface area contributed by atoms with Crippen LogP contribution < -0.4 is 10.4 Å². The van der Waals surface area contributed by atoms with Gasteiger partial charge in [0.1, 0.15) is 16.9 Å². The van der Waals surface area contributed by atoms with Crippen molar-refractivity contribution in [3.63, 3.8) is 0 Å². The molecule has 0 radical (unpaired) electrons. The molecule has 166 valence electrons. The maximum atomic E-state index is 12.7. The van der Waals surface area contributed by atoms with E-state index in [1.165, 1.54) is 6.07 Å². The summed E-state index contributed by atoms with van der Waals surface area (Å²) < 4.78 is 23.2. The predicted molar refractivity (Wildman–Crippen MR) is 115 cm³/mol. The molecule has 0 bridgehead atoms. The molecule has 3 rings (SSSR count). The Hall–Kier alpha value is -3.09. The van der Waals surface area contributed by atoms with Gasteiger partial charge in [0.2, 0.25) is 0 Å². The highest BCUT2D eigenvalue weighted by atomic mass is 16.6. The van der Waals surface area contributed by atoms with Gasteiger partial charge in [-0.1, -0.05) is 19.9 Å². The molecule has 1 aliphatic heterocycles. The van der Waals surface area contributed by atoms with Gasteiger partial charge >= 0.3 is 17.6 Å². The SMILES string of the molecule is C/C=C(\C)C(=O)O[C@H]1[C@H](OC(=O)CC(C)C)c2c(ccc3ccc(=O)oc23)OC1(C)C. The zero-order chi connectivity index (χ0) is 22.9. The molecule has 1 aromatic carbocycles. The Morgan fingerprint density at radius 1 is 1.16 bits per heavy atom. The van der Waals surface area contributed by atoms with Crippen LogP contribution >= 0.6 is 0 Å². The van der Waals surface area contributed by atoms with E-state index in [2.05, 4.69) is 0 Å². The molecule has 0 N–H and O–H groups in total. The van der Waals surface area contributed by atoms with E-state index in [1.54, 1.807) is 52.0 Å². The molecule has 0 unspecified atom stereocenters. The van der Waals surface area contributed by atoms with Gasteiger partial charge in [0.25, 0.3) is 0 Å². The van der Waals surface area contributed by atoms with Crippen molar-refractivity contribution >= 4 is 22.9 Å². The van der Waals surface area contributed by atoms with E-state index in [-0.39, 0.29) is 17.9 Å². The lowest BCUT2D eigenvalue weighted by molar-refractivity contribution is -0.188. The second-order valence-corrected chi connectivity index (χ2v) is 8.66. The third kappa shape index (κ3) is 4.65. The molecule has 2 aromatic rings. The Balaban J connectivity index is 2.18. The van der Waals surface area contributed by atoms with Gasteiger partial charge in [-0.05, 0) is 51.8 Å². The molecule has 0 saturated carbocycles. The van der Waals surface area contributed by atoms with Crippen LogP contribution in [0.2, 0.25) is 0 Å². The second kappa shape index (κ2) is 8.57. The quantitative estimate of drug-likeness (QED) is 0.394. The van der Waals surface area contributed by atoms with E-state index in [4.69, 9.17) is 18.6 Å². The summed E-state index contributed by atoms with van der Waals surface area (Å²) in [6, 6.07) is 6.43. The predicted octanol–water partition coefficient (Wildman–Crippen LogP) is 4.47. The van der Waals surface area contributed by atoms with Gasteiger partial charge in [0, 0.05) is 23.4 Å². The van der Waals surface area contributed by atoms with Crippen LogP contribution in [0.3, 0.4) is 0 Å². The lowest BCUT2D eigenvalue weighted by atomic mass is 9.87. The number of carbonyl (C=O) groups is 2. The summed E-state index contributed by atoms with van der Waals surface area (Å²) in [5, 5.41) is 0.640. The Morgan fingerprint density at radius 2 is 1.84 bits per heavy atom. The summed E-state index contributed by atoms with van der Waals surface area (Å²) in [6.45, 7) is 10.7. The first-order valence-corrected chi connectivity index (χ1v) is 10.3. The average Bonchev–Trinajstić information content (AvgIpc) is 2.68. The molecule has 0 spiro atoms. The van der Waals surface area contributed by atoms with Gasteiger partial charge in [0.05, 0.1) is 5.56 Å². The van der Waals surface area contributed by atoms with Gasteiger partial charge in [0.15, 0.2) is 12.2 Å². The number of hydrogen-bond donors (Lipinski definition) is 0. The molecule has 1 aliphatic rings. The van der Waals surface area contributed by atoms with Crippen molar-refractivity contribution < 1.29 is 28.2 Å². The van der Waals surface area contributed by atoms with Gasteiger partial charge in [-0.25, -0.2) is 9.59 Å². The highest BCUT2D eigenvalue weighted by Crippen LogP contribution is 2.46. The molecule has 0 amide bonds. The fourth-order valence-electron chi connectivity index (χ4n) is 3.53. The summed E-state index contributed by atoms with van der Waals surface area (Å²) >= 11 is 0. The maximum absolute atomic E-state index is 12.7. The van der Waals surface area contributed by atoms with Crippen molar-refractivity contribution in [2.75, 3.05) is 0 Å². The molecule has 31 heavy (non-hydrogen) atoms. The number of allylic oxidation sites excluding steroid dienone is 1. The molecule has 2 atom stereocenters. The molecule has 7 nitrogen and oxygen atoms in total. The molecule has 7 heteroatoms. The first kappa shape index (κ1) is 22.6. The molecule has 2 heterocycles. The minimum Gasteiger partial charge on any atom is -0.483 e. The van der Waals surface area contributed by atoms with E-state index in [0.29, 0.717) is 22.3 Å². The van der Waals surface area contributed by atoms with Crippen molar-refractivity contribution in [1.29, 1.82) is 0 Å². The Labute approximate surface area is 181 Å². The third-order valence-corrected chi connectivity index (χ3v) is 5.23. The summed E-state index contributed by atoms with van der Waals surface area (Å²) in [5.74, 6) is -0.497. The molecule has 0 saturated heterocycles. The molecule has 0 fully saturated rings. The summed E-state index contributed by atoms with van der Waals surface area (Å²) in [5.41, 5.74) is -0.522. The fraction of sp³-hybridized carbons (Fsp3) is 0.458. The van der Waals surface area contributed by atoms with Crippen LogP contribution in [0.15, 0.2) is 45.1 Å². The number of hydrogen-bond acceptors (Lipinski definition) is 7. The number of benzene rings is 1. The molecular formula is C24H28O7. The topological polar surface area (TPSA) is 92.0 Å². The minimum absolute atomic E-state index is 0.0801. The van der Waals surface area contributed by atoms with Gasteiger partial charge < -0.3 is 18.6 Å². The normalized spacial score (nSPS) is 20.2. The van der Waals surface area contributed by atoms with E-state index in [1.807, 2.05) is 13.8 Å². The number of rotatable bonds is 5. The average molecular weight is 428 g/mol. The van der Waals surface area contributed by atoms with Crippen LogP contribution in [0.1, 0.15) is 59.6 Å². The van der Waals surface area contributed by atoms with Gasteiger partial charge in [-0.2, -0.15) is 0 Å². The summed E-state index contributed by atoms with van der Waals surface area (Å²) in [7, 11) is 0. The van der Waals surface area contributed by atoms with Gasteiger partial charge in [-0.15, -0.1) is 0 Å². The number of esters is 2. The van der Waals surface area contributed by atoms with Crippen molar-refractivity contribution in [2.24, 2.45) is 5.92 Å². The van der Waals surface area contributed by atoms with Crippen molar-refractivity contribution in [1.82, 2.24) is 0 Å². The highest BCUT2D eigenvalue weighted by molar-refractivity contribution is 5.88. The smallest absolute Gasteiger partial charge is 0.336 e. The largest absolute Gasteiger partial charge is 0.483 e. The number of ether oxygens (including phenoxy) is 3. The maximum Gasteiger partial charge on any atom is 0.336 e. The zero-order valence-corrected chi connectivity index (χ0v) is 18.7. The van der Waals surface area contributed by atoms with Crippen LogP contribution in [0, 0.1) is 5.92 Å². The fourth-order valence-corrected chi connectivity index (χ4v) is 3.53. The van der Waals surface area contributed by atoms with E-state index in [0.717, 1.165) is 0 Å². The van der Waals surface area contributed by atoms with E-state index < -0.39 is 35.4 Å². The monoisotopic (exact) mass is 428 g/mol. The third-order valence-electron chi connectivity index (χ3n) is 5.23. The lowest BCUT2D eigenvalue weighted by Gasteiger charge is -2.43. The van der Waals surface area contributed by atoms with Crippen LogP contribution in [0.5, 0.6) is 5.75 Å². The number of fused-ring (bicyclic) bond motifs is 3. The number of carbonyl (C=O) groups excluding carboxylic acids is 2. The van der Waals surface area contributed by atoms with Crippen molar-refractivity contribution in [3.05, 3.63) is 51.9 Å². The van der Waals surface area contributed by atoms with E-state index >= 15 is 0 Å². The lowest BCUT2D eigenvalue weighted by Crippen LogP contribution is -2.52. The zero-order valence-electron chi connectivity index (χ0n) is 18.7. The Morgan fingerprint density at radius 3 is 2.48 bits per heavy atom. The van der Waals surface area contributed by atoms with Crippen LogP contribution in [0.4, 0.5) is 0 Å². The summed E-state index contributed by atoms with van der Waals surface area (Å²) in [6.07, 6.45) is -0.139. The summed E-state index contributed by atoms with van der Waals surface area (Å²) in [4.78, 5) is 37.2.